The van der Waals surface area contributed by atoms with Crippen molar-refractivity contribution in [3.05, 3.63) is 93.2 Å². The summed E-state index contributed by atoms with van der Waals surface area (Å²) in [6, 6.07) is 17.5. The normalized spacial score (nSPS) is 11.2. The third-order valence-electron chi connectivity index (χ3n) is 4.59. The Kier molecular flexibility index (Phi) is 8.34. The third kappa shape index (κ3) is 7.18. The molecule has 3 rings (SSSR count). The Morgan fingerprint density at radius 2 is 1.76 bits per heavy atom. The number of sulfonamides is 1. The molecule has 0 aliphatic carbocycles. The molecule has 0 radical (unpaired) electrons. The number of hydrogen-bond donors (Lipinski definition) is 1. The van der Waals surface area contributed by atoms with Crippen LogP contribution in [0.25, 0.3) is 0 Å². The van der Waals surface area contributed by atoms with Gasteiger partial charge in [0, 0.05) is 15.1 Å². The van der Waals surface area contributed by atoms with Crippen molar-refractivity contribution < 1.29 is 22.3 Å². The van der Waals surface area contributed by atoms with Crippen molar-refractivity contribution in [2.75, 3.05) is 23.7 Å². The van der Waals surface area contributed by atoms with Crippen molar-refractivity contribution in [2.24, 2.45) is 0 Å². The van der Waals surface area contributed by atoms with Crippen LogP contribution in [0.5, 0.6) is 5.75 Å². The quantitative estimate of drug-likeness (QED) is 0.377. The molecule has 3 aromatic carbocycles. The number of rotatable bonds is 9. The van der Waals surface area contributed by atoms with Crippen molar-refractivity contribution >= 4 is 49.1 Å². The van der Waals surface area contributed by atoms with Gasteiger partial charge in [0.1, 0.15) is 18.2 Å². The Hall–Kier alpha value is -2.62. The molecule has 0 unspecified atom stereocenters. The second-order valence-electron chi connectivity index (χ2n) is 7.12. The maximum absolute atomic E-state index is 14.4. The Labute approximate surface area is 205 Å². The van der Waals surface area contributed by atoms with Gasteiger partial charge in [0.25, 0.3) is 5.91 Å². The van der Waals surface area contributed by atoms with Crippen molar-refractivity contribution in [1.82, 2.24) is 5.32 Å². The van der Waals surface area contributed by atoms with E-state index in [-0.39, 0.29) is 24.7 Å². The molecule has 0 bridgehead atoms. The fourth-order valence-corrected chi connectivity index (χ4v) is 4.31. The zero-order valence-electron chi connectivity index (χ0n) is 17.6. The van der Waals surface area contributed by atoms with E-state index < -0.39 is 15.8 Å². The van der Waals surface area contributed by atoms with Crippen molar-refractivity contribution in [1.29, 1.82) is 0 Å². The van der Waals surface area contributed by atoms with Crippen LogP contribution in [0.1, 0.15) is 15.9 Å². The fraction of sp³-hybridized carbons (Fsp3) is 0.174. The van der Waals surface area contributed by atoms with Gasteiger partial charge in [-0.1, -0.05) is 39.7 Å². The van der Waals surface area contributed by atoms with Gasteiger partial charge in [-0.3, -0.25) is 9.10 Å². The first-order chi connectivity index (χ1) is 15.6. The molecule has 33 heavy (non-hydrogen) atoms. The summed E-state index contributed by atoms with van der Waals surface area (Å²) in [5, 5.41) is 3.37. The molecular formula is C23H21BrClFN2O4S. The number of benzene rings is 3. The van der Waals surface area contributed by atoms with Gasteiger partial charge in [-0.25, -0.2) is 12.8 Å². The van der Waals surface area contributed by atoms with Crippen LogP contribution >= 0.6 is 27.5 Å². The van der Waals surface area contributed by atoms with Crippen molar-refractivity contribution in [3.63, 3.8) is 0 Å². The largest absolute Gasteiger partial charge is 0.492 e. The predicted octanol–water partition coefficient (Wildman–Crippen LogP) is 5.02. The Morgan fingerprint density at radius 1 is 1.09 bits per heavy atom. The maximum Gasteiger partial charge on any atom is 0.251 e. The Morgan fingerprint density at radius 3 is 2.36 bits per heavy atom. The van der Waals surface area contributed by atoms with E-state index in [1.54, 1.807) is 54.6 Å². The molecule has 1 N–H and O–H groups in total. The Bertz CT molecular complexity index is 1220. The van der Waals surface area contributed by atoms with Gasteiger partial charge in [-0.15, -0.1) is 0 Å². The predicted molar refractivity (Wildman–Crippen MR) is 131 cm³/mol. The van der Waals surface area contributed by atoms with E-state index in [0.717, 1.165) is 10.6 Å². The molecule has 6 nitrogen and oxygen atoms in total. The highest BCUT2D eigenvalue weighted by atomic mass is 79.9. The summed E-state index contributed by atoms with van der Waals surface area (Å²) in [6.07, 6.45) is 1.02. The molecule has 0 aromatic heterocycles. The number of nitrogens with one attached hydrogen (secondary N) is 1. The van der Waals surface area contributed by atoms with Crippen LogP contribution < -0.4 is 14.4 Å². The van der Waals surface area contributed by atoms with Gasteiger partial charge >= 0.3 is 0 Å². The zero-order chi connectivity index (χ0) is 24.0. The molecule has 10 heteroatoms. The van der Waals surface area contributed by atoms with E-state index in [1.807, 2.05) is 0 Å². The van der Waals surface area contributed by atoms with Crippen LogP contribution in [0.2, 0.25) is 5.02 Å². The second kappa shape index (κ2) is 11.0. The summed E-state index contributed by atoms with van der Waals surface area (Å²) in [5.41, 5.74) is 0.958. The smallest absolute Gasteiger partial charge is 0.251 e. The molecule has 0 atom stereocenters. The molecule has 0 saturated carbocycles. The minimum Gasteiger partial charge on any atom is -0.492 e. The van der Waals surface area contributed by atoms with Crippen molar-refractivity contribution in [3.8, 4) is 5.75 Å². The van der Waals surface area contributed by atoms with E-state index in [4.69, 9.17) is 16.3 Å². The molecule has 0 spiro atoms. The summed E-state index contributed by atoms with van der Waals surface area (Å²) in [6.45, 7) is 0.510. The molecular weight excluding hydrogens is 535 g/mol. The molecule has 3 aromatic rings. The van der Waals surface area contributed by atoms with Crippen molar-refractivity contribution in [2.45, 2.75) is 6.54 Å². The first-order valence-electron chi connectivity index (χ1n) is 9.82. The highest BCUT2D eigenvalue weighted by Crippen LogP contribution is 2.27. The summed E-state index contributed by atoms with van der Waals surface area (Å²) in [4.78, 5) is 12.3. The number of ether oxygens (including phenoxy) is 1. The minimum atomic E-state index is -3.74. The van der Waals surface area contributed by atoms with E-state index in [0.29, 0.717) is 32.9 Å². The fourth-order valence-electron chi connectivity index (χ4n) is 2.96. The lowest BCUT2D eigenvalue weighted by atomic mass is 10.1. The number of nitrogens with zero attached hydrogens (tertiary/aromatic N) is 1. The molecule has 0 aliphatic heterocycles. The minimum absolute atomic E-state index is 0.0526. The molecule has 0 aliphatic rings. The van der Waals surface area contributed by atoms with Crippen LogP contribution in [-0.2, 0) is 16.6 Å². The highest BCUT2D eigenvalue weighted by molar-refractivity contribution is 9.10. The number of hydrogen-bond acceptors (Lipinski definition) is 4. The van der Waals surface area contributed by atoms with Gasteiger partial charge in [0.05, 0.1) is 25.0 Å². The van der Waals surface area contributed by atoms with Crippen LogP contribution in [0.15, 0.2) is 71.2 Å². The number of carbonyl (C=O) groups is 1. The topological polar surface area (TPSA) is 75.7 Å². The molecule has 174 valence electrons. The van der Waals surface area contributed by atoms with Crippen LogP contribution in [0, 0.1) is 5.82 Å². The van der Waals surface area contributed by atoms with Crippen LogP contribution in [0.3, 0.4) is 0 Å². The number of carbonyl (C=O) groups excluding carboxylic acids is 1. The van der Waals surface area contributed by atoms with Gasteiger partial charge in [0.2, 0.25) is 10.0 Å². The molecule has 1 amide bonds. The summed E-state index contributed by atoms with van der Waals surface area (Å²) in [5.74, 6) is -0.303. The Balaban J connectivity index is 1.59. The summed E-state index contributed by atoms with van der Waals surface area (Å²) < 4.78 is 46.0. The SMILES string of the molecule is CS(=O)(=O)N(Cc1ccc(C(=O)NCCOc2ccc(Cl)cc2)cc1)c1ccc(Br)cc1F. The van der Waals surface area contributed by atoms with Gasteiger partial charge in [-0.2, -0.15) is 0 Å². The van der Waals surface area contributed by atoms with Crippen LogP contribution in [0.4, 0.5) is 10.1 Å². The highest BCUT2D eigenvalue weighted by Gasteiger charge is 2.21. The van der Waals surface area contributed by atoms with E-state index in [9.17, 15) is 17.6 Å². The second-order valence-corrected chi connectivity index (χ2v) is 10.4. The van der Waals surface area contributed by atoms with Gasteiger partial charge in [-0.05, 0) is 60.2 Å². The first kappa shape index (κ1) is 25.0. The standard InChI is InChI=1S/C23H21BrClFN2O4S/c1-33(30,31)28(22-11-6-18(24)14-21(22)26)15-16-2-4-17(5-3-16)23(29)27-12-13-32-20-9-7-19(25)8-10-20/h2-11,14H,12-13,15H2,1H3,(H,27,29). The molecule has 0 saturated heterocycles. The average molecular weight is 556 g/mol. The van der Waals surface area contributed by atoms with Gasteiger partial charge < -0.3 is 10.1 Å². The molecule has 0 heterocycles. The van der Waals surface area contributed by atoms with E-state index in [1.165, 1.54) is 12.1 Å². The van der Waals surface area contributed by atoms with Crippen LogP contribution in [-0.4, -0.2) is 33.7 Å². The lowest BCUT2D eigenvalue weighted by Gasteiger charge is -2.23. The third-order valence-corrected chi connectivity index (χ3v) is 6.46. The monoisotopic (exact) mass is 554 g/mol. The first-order valence-corrected chi connectivity index (χ1v) is 12.8. The lowest BCUT2D eigenvalue weighted by molar-refractivity contribution is 0.0947. The van der Waals surface area contributed by atoms with Gasteiger partial charge in [0.15, 0.2) is 0 Å². The molecule has 0 fully saturated rings. The summed E-state index contributed by atoms with van der Waals surface area (Å²) >= 11 is 8.99. The van der Waals surface area contributed by atoms with E-state index >= 15 is 0 Å². The average Bonchev–Trinajstić information content (AvgIpc) is 2.76. The maximum atomic E-state index is 14.4. The van der Waals surface area contributed by atoms with E-state index in [2.05, 4.69) is 21.2 Å². The lowest BCUT2D eigenvalue weighted by Crippen LogP contribution is -2.30. The number of halogens is 3. The zero-order valence-corrected chi connectivity index (χ0v) is 20.8. The summed E-state index contributed by atoms with van der Waals surface area (Å²) in [7, 11) is -3.74. The number of anilines is 1. The number of amides is 1.